The number of ether oxygens (including phenoxy) is 5. The summed E-state index contributed by atoms with van der Waals surface area (Å²) in [7, 11) is 0. The van der Waals surface area contributed by atoms with Gasteiger partial charge in [-0.3, -0.25) is 0 Å². The molecule has 16 nitrogen and oxygen atoms in total. The van der Waals surface area contributed by atoms with E-state index in [0.717, 1.165) is 0 Å². The standard InChI is InChI=1S/C18H32O16/c19-1-4-7(20)11(24)14(27)17(33-4)31-3-6-9(22)12(25)15(28)18(34-6)30-2-5-8(21)10(23)13(26)16(29)32-5/h4-29H,1-3H2/t4-,5-,6-,7+,8+,9+,10+,11+,12+,13-,14-,15-,16+,17+,18+/m1/s1. The molecule has 0 spiro atoms. The minimum Gasteiger partial charge on any atom is -0.394 e. The van der Waals surface area contributed by atoms with Crippen LogP contribution in [0.3, 0.4) is 0 Å². The van der Waals surface area contributed by atoms with Crippen LogP contribution < -0.4 is 0 Å². The van der Waals surface area contributed by atoms with E-state index in [9.17, 15) is 56.2 Å². The maximum Gasteiger partial charge on any atom is 0.186 e. The number of rotatable bonds is 7. The summed E-state index contributed by atoms with van der Waals surface area (Å²) in [4.78, 5) is 0. The Morgan fingerprint density at radius 2 is 0.824 bits per heavy atom. The van der Waals surface area contributed by atoms with E-state index < -0.39 is 112 Å². The molecule has 0 aliphatic carbocycles. The van der Waals surface area contributed by atoms with Gasteiger partial charge in [0, 0.05) is 0 Å². The first-order chi connectivity index (χ1) is 16.0. The van der Waals surface area contributed by atoms with Crippen molar-refractivity contribution in [3.05, 3.63) is 0 Å². The number of hydrogen-bond donors (Lipinski definition) is 11. The summed E-state index contributed by atoms with van der Waals surface area (Å²) in [5, 5.41) is 108. The van der Waals surface area contributed by atoms with Crippen molar-refractivity contribution < 1.29 is 79.9 Å². The summed E-state index contributed by atoms with van der Waals surface area (Å²) in [6.07, 6.45) is -24.4. The summed E-state index contributed by atoms with van der Waals surface area (Å²) in [5.74, 6) is 0. The molecule has 16 heteroatoms. The maximum absolute atomic E-state index is 10.2. The SMILES string of the molecule is OC[C@H]1O[C@H](OC[C@H]2O[C@H](OC[C@H]3O[C@H](O)[C@H](O)[C@@H](O)[C@H]3O)[C@H](O)[C@@H](O)[C@H]2O)[C@H](O)[C@@H](O)[C@H]1O. The van der Waals surface area contributed by atoms with E-state index >= 15 is 0 Å². The van der Waals surface area contributed by atoms with Crippen LogP contribution in [0, 0.1) is 0 Å². The average Bonchev–Trinajstić information content (AvgIpc) is 2.82. The van der Waals surface area contributed by atoms with Gasteiger partial charge in [-0.15, -0.1) is 0 Å². The summed E-state index contributed by atoms with van der Waals surface area (Å²) < 4.78 is 26.1. The first-order valence-electron chi connectivity index (χ1n) is 10.6. The quantitative estimate of drug-likeness (QED) is 0.154. The van der Waals surface area contributed by atoms with Crippen molar-refractivity contribution in [1.82, 2.24) is 0 Å². The Morgan fingerprint density at radius 1 is 0.441 bits per heavy atom. The van der Waals surface area contributed by atoms with Crippen LogP contribution in [-0.4, -0.2) is 168 Å². The van der Waals surface area contributed by atoms with Gasteiger partial charge in [-0.1, -0.05) is 0 Å². The molecular weight excluding hydrogens is 472 g/mol. The Labute approximate surface area is 192 Å². The van der Waals surface area contributed by atoms with Crippen LogP contribution in [0.15, 0.2) is 0 Å². The second kappa shape index (κ2) is 11.6. The van der Waals surface area contributed by atoms with E-state index in [1.807, 2.05) is 0 Å². The van der Waals surface area contributed by atoms with Gasteiger partial charge in [0.05, 0.1) is 19.8 Å². The third-order valence-corrected chi connectivity index (χ3v) is 6.05. The van der Waals surface area contributed by atoms with Gasteiger partial charge in [0.15, 0.2) is 18.9 Å². The molecule has 0 radical (unpaired) electrons. The fraction of sp³-hybridized carbons (Fsp3) is 1.00. The van der Waals surface area contributed by atoms with E-state index in [1.165, 1.54) is 0 Å². The zero-order chi connectivity index (χ0) is 25.3. The lowest BCUT2D eigenvalue weighted by Gasteiger charge is -2.43. The lowest BCUT2D eigenvalue weighted by atomic mass is 9.98. The number of hydrogen-bond acceptors (Lipinski definition) is 16. The molecule has 0 bridgehead atoms. The van der Waals surface area contributed by atoms with Crippen LogP contribution in [0.1, 0.15) is 0 Å². The Hall–Kier alpha value is -0.640. The predicted molar refractivity (Wildman–Crippen MR) is 101 cm³/mol. The Morgan fingerprint density at radius 3 is 1.29 bits per heavy atom. The highest BCUT2D eigenvalue weighted by Gasteiger charge is 2.48. The fourth-order valence-electron chi connectivity index (χ4n) is 3.84. The molecule has 3 saturated heterocycles. The average molecular weight is 504 g/mol. The van der Waals surface area contributed by atoms with Gasteiger partial charge in [0.2, 0.25) is 0 Å². The van der Waals surface area contributed by atoms with Crippen molar-refractivity contribution in [1.29, 1.82) is 0 Å². The third kappa shape index (κ3) is 5.68. The molecule has 34 heavy (non-hydrogen) atoms. The van der Waals surface area contributed by atoms with Gasteiger partial charge in [0.1, 0.15) is 73.2 Å². The van der Waals surface area contributed by atoms with Crippen molar-refractivity contribution in [2.24, 2.45) is 0 Å². The monoisotopic (exact) mass is 504 g/mol. The lowest BCUT2D eigenvalue weighted by Crippen LogP contribution is -2.62. The van der Waals surface area contributed by atoms with Crippen molar-refractivity contribution in [2.45, 2.75) is 92.1 Å². The van der Waals surface area contributed by atoms with Gasteiger partial charge >= 0.3 is 0 Å². The zero-order valence-corrected chi connectivity index (χ0v) is 17.7. The second-order valence-corrected chi connectivity index (χ2v) is 8.42. The van der Waals surface area contributed by atoms with Gasteiger partial charge in [-0.05, 0) is 0 Å². The Kier molecular flexibility index (Phi) is 9.54. The number of aliphatic hydroxyl groups excluding tert-OH is 11. The minimum absolute atomic E-state index is 0.570. The van der Waals surface area contributed by atoms with Gasteiger partial charge < -0.3 is 79.9 Å². The van der Waals surface area contributed by atoms with E-state index in [1.54, 1.807) is 0 Å². The number of aliphatic hydroxyl groups is 11. The van der Waals surface area contributed by atoms with Crippen LogP contribution >= 0.6 is 0 Å². The first kappa shape index (κ1) is 27.9. The molecule has 11 N–H and O–H groups in total. The lowest BCUT2D eigenvalue weighted by molar-refractivity contribution is -0.340. The van der Waals surface area contributed by atoms with Crippen LogP contribution in [0.4, 0.5) is 0 Å². The van der Waals surface area contributed by atoms with E-state index in [-0.39, 0.29) is 0 Å². The first-order valence-corrected chi connectivity index (χ1v) is 10.6. The smallest absolute Gasteiger partial charge is 0.186 e. The van der Waals surface area contributed by atoms with Gasteiger partial charge in [0.25, 0.3) is 0 Å². The summed E-state index contributed by atoms with van der Waals surface area (Å²) in [5.41, 5.74) is 0. The summed E-state index contributed by atoms with van der Waals surface area (Å²) in [6, 6.07) is 0. The Bertz CT molecular complexity index is 639. The van der Waals surface area contributed by atoms with Gasteiger partial charge in [-0.25, -0.2) is 0 Å². The van der Waals surface area contributed by atoms with E-state index in [4.69, 9.17) is 23.7 Å². The molecule has 3 rings (SSSR count). The van der Waals surface area contributed by atoms with Crippen LogP contribution in [0.5, 0.6) is 0 Å². The Balaban J connectivity index is 1.58. The predicted octanol–water partition coefficient (Wildman–Crippen LogP) is -7.57. The fourth-order valence-corrected chi connectivity index (χ4v) is 3.84. The van der Waals surface area contributed by atoms with Crippen molar-refractivity contribution in [2.75, 3.05) is 19.8 Å². The largest absolute Gasteiger partial charge is 0.394 e. The highest BCUT2D eigenvalue weighted by atomic mass is 16.7. The van der Waals surface area contributed by atoms with Crippen LogP contribution in [-0.2, 0) is 23.7 Å². The van der Waals surface area contributed by atoms with Crippen molar-refractivity contribution in [3.63, 3.8) is 0 Å². The molecule has 0 saturated carbocycles. The zero-order valence-electron chi connectivity index (χ0n) is 17.7. The third-order valence-electron chi connectivity index (χ3n) is 6.05. The molecule has 3 heterocycles. The van der Waals surface area contributed by atoms with Crippen LogP contribution in [0.25, 0.3) is 0 Å². The molecule has 3 aliphatic heterocycles. The minimum atomic E-state index is -1.82. The van der Waals surface area contributed by atoms with Gasteiger partial charge in [-0.2, -0.15) is 0 Å². The molecule has 3 aliphatic rings. The summed E-state index contributed by atoms with van der Waals surface area (Å²) >= 11 is 0. The highest BCUT2D eigenvalue weighted by Crippen LogP contribution is 2.27. The molecular formula is C18H32O16. The highest BCUT2D eigenvalue weighted by molar-refractivity contribution is 4.92. The molecule has 3 fully saturated rings. The molecule has 0 unspecified atom stereocenters. The van der Waals surface area contributed by atoms with E-state index in [0.29, 0.717) is 0 Å². The summed E-state index contributed by atoms with van der Waals surface area (Å²) in [6.45, 7) is -1.84. The van der Waals surface area contributed by atoms with Crippen LogP contribution in [0.2, 0.25) is 0 Å². The topological polar surface area (TPSA) is 269 Å². The maximum atomic E-state index is 10.2. The van der Waals surface area contributed by atoms with E-state index in [2.05, 4.69) is 0 Å². The molecule has 15 atom stereocenters. The molecule has 0 aromatic heterocycles. The normalized spacial score (nSPS) is 52.5. The van der Waals surface area contributed by atoms with Crippen molar-refractivity contribution >= 4 is 0 Å². The van der Waals surface area contributed by atoms with Crippen molar-refractivity contribution in [3.8, 4) is 0 Å². The molecule has 0 amide bonds. The second-order valence-electron chi connectivity index (χ2n) is 8.42. The molecule has 0 aromatic rings. The molecule has 0 aromatic carbocycles. The molecule has 200 valence electrons.